The van der Waals surface area contributed by atoms with Crippen LogP contribution in [0, 0.1) is 0 Å². The second-order valence-corrected chi connectivity index (χ2v) is 9.54. The van der Waals surface area contributed by atoms with Crippen molar-refractivity contribution in [3.8, 4) is 0 Å². The lowest BCUT2D eigenvalue weighted by atomic mass is 10.1. The normalized spacial score (nSPS) is 22.0. The van der Waals surface area contributed by atoms with Crippen LogP contribution in [0.3, 0.4) is 0 Å². The van der Waals surface area contributed by atoms with Gasteiger partial charge in [0, 0.05) is 31.2 Å². The van der Waals surface area contributed by atoms with Gasteiger partial charge in [-0.05, 0) is 55.5 Å². The van der Waals surface area contributed by atoms with Crippen LogP contribution in [-0.2, 0) is 10.0 Å². The molecule has 1 aromatic rings. The Hall–Kier alpha value is -1.09. The summed E-state index contributed by atoms with van der Waals surface area (Å²) in [6.45, 7) is 1.45. The second kappa shape index (κ2) is 8.07. The zero-order chi connectivity index (χ0) is 17.9. The van der Waals surface area contributed by atoms with Gasteiger partial charge >= 0.3 is 0 Å². The average Bonchev–Trinajstić information content (AvgIpc) is 3.13. The summed E-state index contributed by atoms with van der Waals surface area (Å²) < 4.78 is 27.8. The number of nitrogens with one attached hydrogen (secondary N) is 2. The van der Waals surface area contributed by atoms with Crippen LogP contribution in [0.5, 0.6) is 0 Å². The Morgan fingerprint density at radius 1 is 1.28 bits per heavy atom. The van der Waals surface area contributed by atoms with Crippen molar-refractivity contribution in [1.29, 1.82) is 0 Å². The molecular weight excluding hydrogens is 358 g/mol. The highest BCUT2D eigenvalue weighted by molar-refractivity contribution is 7.99. The first kappa shape index (κ1) is 18.7. The number of rotatable bonds is 5. The lowest BCUT2D eigenvalue weighted by Gasteiger charge is -2.31. The van der Waals surface area contributed by atoms with Crippen molar-refractivity contribution in [3.63, 3.8) is 0 Å². The maximum atomic E-state index is 12.8. The Kier molecular flexibility index (Phi) is 6.04. The van der Waals surface area contributed by atoms with Gasteiger partial charge in [-0.1, -0.05) is 6.07 Å². The fourth-order valence-electron chi connectivity index (χ4n) is 3.28. The molecule has 6 nitrogen and oxygen atoms in total. The Labute approximate surface area is 153 Å². The van der Waals surface area contributed by atoms with E-state index in [2.05, 4.69) is 10.0 Å². The quantitative estimate of drug-likeness (QED) is 0.801. The minimum atomic E-state index is -3.61. The van der Waals surface area contributed by atoms with Crippen molar-refractivity contribution < 1.29 is 13.2 Å². The van der Waals surface area contributed by atoms with Crippen molar-refractivity contribution in [3.05, 3.63) is 29.8 Å². The summed E-state index contributed by atoms with van der Waals surface area (Å²) in [4.78, 5) is 14.7. The Balaban J connectivity index is 1.74. The molecule has 1 atom stereocenters. The van der Waals surface area contributed by atoms with Gasteiger partial charge < -0.3 is 10.2 Å². The molecule has 0 saturated carbocycles. The lowest BCUT2D eigenvalue weighted by Crippen LogP contribution is -2.39. The number of hydrogen-bond donors (Lipinski definition) is 2. The minimum Gasteiger partial charge on any atom is -0.339 e. The van der Waals surface area contributed by atoms with Gasteiger partial charge in [0.05, 0.1) is 4.90 Å². The summed E-state index contributed by atoms with van der Waals surface area (Å²) in [7, 11) is -1.80. The molecule has 0 aromatic heterocycles. The smallest absolute Gasteiger partial charge is 0.253 e. The monoisotopic (exact) mass is 383 g/mol. The van der Waals surface area contributed by atoms with Crippen LogP contribution < -0.4 is 10.0 Å². The van der Waals surface area contributed by atoms with Gasteiger partial charge in [0.15, 0.2) is 0 Å². The van der Waals surface area contributed by atoms with Gasteiger partial charge in [0.1, 0.15) is 0 Å². The molecule has 0 aliphatic carbocycles. The molecule has 0 spiro atoms. The predicted octanol–water partition coefficient (Wildman–Crippen LogP) is 1.29. The Morgan fingerprint density at radius 2 is 2.04 bits per heavy atom. The number of hydrogen-bond acceptors (Lipinski definition) is 5. The number of thioether (sulfide) groups is 1. The van der Waals surface area contributed by atoms with Gasteiger partial charge in [-0.15, -0.1) is 0 Å². The number of sulfonamides is 1. The molecule has 1 aromatic carbocycles. The van der Waals surface area contributed by atoms with Crippen LogP contribution in [0.1, 0.15) is 29.6 Å². The molecule has 2 N–H and O–H groups in total. The molecule has 0 bridgehead atoms. The molecule has 2 fully saturated rings. The van der Waals surface area contributed by atoms with Crippen LogP contribution in [0.15, 0.2) is 29.2 Å². The second-order valence-electron chi connectivity index (χ2n) is 6.60. The van der Waals surface area contributed by atoms with Gasteiger partial charge in [0.2, 0.25) is 10.0 Å². The molecule has 8 heteroatoms. The van der Waals surface area contributed by atoms with Crippen molar-refractivity contribution >= 4 is 27.7 Å². The maximum Gasteiger partial charge on any atom is 0.253 e. The average molecular weight is 384 g/mol. The first-order valence-corrected chi connectivity index (χ1v) is 11.3. The van der Waals surface area contributed by atoms with Gasteiger partial charge in [0.25, 0.3) is 5.91 Å². The maximum absolute atomic E-state index is 12.8. The van der Waals surface area contributed by atoms with E-state index in [1.54, 1.807) is 23.1 Å². The van der Waals surface area contributed by atoms with Crippen molar-refractivity contribution in [1.82, 2.24) is 14.9 Å². The van der Waals surface area contributed by atoms with Crippen LogP contribution in [0.4, 0.5) is 0 Å². The number of carbonyl (C=O) groups excluding carboxylic acids is 1. The molecule has 138 valence electrons. The first-order chi connectivity index (χ1) is 12.0. The minimum absolute atomic E-state index is 0.0910. The summed E-state index contributed by atoms with van der Waals surface area (Å²) in [5.74, 6) is 2.02. The third kappa shape index (κ3) is 4.55. The molecule has 0 unspecified atom stereocenters. The number of nitrogens with zero attached hydrogens (tertiary/aromatic N) is 1. The fraction of sp³-hybridized carbons (Fsp3) is 0.588. The summed E-state index contributed by atoms with van der Waals surface area (Å²) >= 11 is 1.91. The molecule has 2 aliphatic rings. The van der Waals surface area contributed by atoms with Crippen molar-refractivity contribution in [2.45, 2.75) is 36.2 Å². The molecule has 1 amide bonds. The van der Waals surface area contributed by atoms with Crippen LogP contribution in [0.25, 0.3) is 0 Å². The van der Waals surface area contributed by atoms with E-state index in [-0.39, 0.29) is 22.9 Å². The Bertz CT molecular complexity index is 712. The van der Waals surface area contributed by atoms with Gasteiger partial charge in [-0.2, -0.15) is 11.8 Å². The van der Waals surface area contributed by atoms with Crippen LogP contribution >= 0.6 is 11.8 Å². The largest absolute Gasteiger partial charge is 0.339 e. The summed E-state index contributed by atoms with van der Waals surface area (Å²) in [6.07, 6.45) is 2.75. The predicted molar refractivity (Wildman–Crippen MR) is 100 cm³/mol. The molecule has 2 saturated heterocycles. The van der Waals surface area contributed by atoms with E-state index in [1.807, 2.05) is 18.8 Å². The third-order valence-electron chi connectivity index (χ3n) is 4.83. The van der Waals surface area contributed by atoms with E-state index in [0.29, 0.717) is 12.1 Å². The summed E-state index contributed by atoms with van der Waals surface area (Å²) in [5.41, 5.74) is 0.424. The molecule has 0 radical (unpaired) electrons. The summed E-state index contributed by atoms with van der Waals surface area (Å²) in [6, 6.07) is 6.49. The summed E-state index contributed by atoms with van der Waals surface area (Å²) in [5, 5.41) is 3.14. The van der Waals surface area contributed by atoms with E-state index >= 15 is 0 Å². The van der Waals surface area contributed by atoms with Gasteiger partial charge in [-0.25, -0.2) is 13.1 Å². The molecule has 25 heavy (non-hydrogen) atoms. The SMILES string of the molecule is CN(C(=O)c1cccc(S(=O)(=O)N[C@@H]2CCNC2)c1)C1CCSCC1. The molecule has 2 heterocycles. The molecular formula is C17H25N3O3S2. The number of benzene rings is 1. The number of carbonyl (C=O) groups is 1. The van der Waals surface area contributed by atoms with E-state index < -0.39 is 10.0 Å². The van der Waals surface area contributed by atoms with Crippen LogP contribution in [-0.4, -0.2) is 63.0 Å². The van der Waals surface area contributed by atoms with E-state index in [0.717, 1.165) is 37.3 Å². The van der Waals surface area contributed by atoms with Gasteiger partial charge in [-0.3, -0.25) is 4.79 Å². The zero-order valence-corrected chi connectivity index (χ0v) is 16.0. The van der Waals surface area contributed by atoms with E-state index in [4.69, 9.17) is 0 Å². The Morgan fingerprint density at radius 3 is 2.72 bits per heavy atom. The van der Waals surface area contributed by atoms with Crippen molar-refractivity contribution in [2.24, 2.45) is 0 Å². The highest BCUT2D eigenvalue weighted by Gasteiger charge is 2.26. The van der Waals surface area contributed by atoms with Crippen molar-refractivity contribution in [2.75, 3.05) is 31.6 Å². The van der Waals surface area contributed by atoms with E-state index in [1.165, 1.54) is 6.07 Å². The fourth-order valence-corrected chi connectivity index (χ4v) is 5.68. The topological polar surface area (TPSA) is 78.5 Å². The molecule has 3 rings (SSSR count). The standard InChI is InChI=1S/C17H25N3O3S2/c1-20(15-6-9-24-10-7-15)17(21)13-3-2-4-16(11-13)25(22,23)19-14-5-8-18-12-14/h2-4,11,14-15,18-19H,5-10,12H2,1H3/t14-/m1/s1. The zero-order valence-electron chi connectivity index (χ0n) is 14.4. The first-order valence-electron chi connectivity index (χ1n) is 8.65. The van der Waals surface area contributed by atoms with Crippen LogP contribution in [0.2, 0.25) is 0 Å². The highest BCUT2D eigenvalue weighted by atomic mass is 32.2. The third-order valence-corrected chi connectivity index (χ3v) is 7.40. The highest BCUT2D eigenvalue weighted by Crippen LogP contribution is 2.23. The molecule has 2 aliphatic heterocycles. The number of amides is 1. The lowest BCUT2D eigenvalue weighted by molar-refractivity contribution is 0.0723. The van der Waals surface area contributed by atoms with E-state index in [9.17, 15) is 13.2 Å².